The number of piperidine rings is 1. The van der Waals surface area contributed by atoms with Gasteiger partial charge in [0.25, 0.3) is 0 Å². The summed E-state index contributed by atoms with van der Waals surface area (Å²) in [6.45, 7) is 14.5. The van der Waals surface area contributed by atoms with Gasteiger partial charge in [0.15, 0.2) is 0 Å². The molecule has 2 rings (SSSR count). The van der Waals surface area contributed by atoms with Crippen molar-refractivity contribution in [3.05, 3.63) is 0 Å². The van der Waals surface area contributed by atoms with Crippen LogP contribution in [0.4, 0.5) is 0 Å². The molecular formula is C15H30N2O. The van der Waals surface area contributed by atoms with E-state index in [1.165, 1.54) is 25.9 Å². The van der Waals surface area contributed by atoms with Gasteiger partial charge in [-0.25, -0.2) is 0 Å². The fourth-order valence-corrected chi connectivity index (χ4v) is 3.36. The summed E-state index contributed by atoms with van der Waals surface area (Å²) < 4.78 is 5.54. The van der Waals surface area contributed by atoms with Crippen LogP contribution in [0.15, 0.2) is 0 Å². The second kappa shape index (κ2) is 5.10. The van der Waals surface area contributed by atoms with E-state index in [4.69, 9.17) is 10.5 Å². The summed E-state index contributed by atoms with van der Waals surface area (Å²) in [5, 5.41) is 0. The zero-order valence-corrected chi connectivity index (χ0v) is 12.5. The third-order valence-corrected chi connectivity index (χ3v) is 5.02. The summed E-state index contributed by atoms with van der Waals surface area (Å²) in [5.41, 5.74) is 6.80. The lowest BCUT2D eigenvalue weighted by atomic mass is 9.75. The highest BCUT2D eigenvalue weighted by Gasteiger charge is 2.40. The van der Waals surface area contributed by atoms with Crippen molar-refractivity contribution in [3.63, 3.8) is 0 Å². The van der Waals surface area contributed by atoms with Crippen LogP contribution >= 0.6 is 0 Å². The van der Waals surface area contributed by atoms with E-state index < -0.39 is 0 Å². The Hall–Kier alpha value is -0.120. The minimum Gasteiger partial charge on any atom is -0.379 e. The molecule has 0 bridgehead atoms. The molecule has 2 aliphatic heterocycles. The highest BCUT2D eigenvalue weighted by molar-refractivity contribution is 4.93. The molecule has 106 valence electrons. The third-order valence-electron chi connectivity index (χ3n) is 5.02. The van der Waals surface area contributed by atoms with E-state index in [1.54, 1.807) is 0 Å². The van der Waals surface area contributed by atoms with Crippen molar-refractivity contribution in [2.75, 3.05) is 32.8 Å². The quantitative estimate of drug-likeness (QED) is 0.820. The van der Waals surface area contributed by atoms with Gasteiger partial charge in [0.1, 0.15) is 0 Å². The molecule has 2 heterocycles. The fraction of sp³-hybridized carbons (Fsp3) is 1.00. The van der Waals surface area contributed by atoms with Crippen molar-refractivity contribution in [2.24, 2.45) is 22.5 Å². The van der Waals surface area contributed by atoms with Crippen molar-refractivity contribution in [3.8, 4) is 0 Å². The van der Waals surface area contributed by atoms with E-state index in [2.05, 4.69) is 32.6 Å². The zero-order valence-electron chi connectivity index (χ0n) is 12.5. The maximum Gasteiger partial charge on any atom is 0.0624 e. The molecule has 0 radical (unpaired) electrons. The lowest BCUT2D eigenvalue weighted by Crippen LogP contribution is -2.49. The van der Waals surface area contributed by atoms with Crippen LogP contribution in [0.2, 0.25) is 0 Å². The van der Waals surface area contributed by atoms with Gasteiger partial charge in [0, 0.05) is 18.0 Å². The molecule has 0 aromatic rings. The molecule has 2 atom stereocenters. The van der Waals surface area contributed by atoms with E-state index in [0.717, 1.165) is 25.7 Å². The molecule has 0 aliphatic carbocycles. The maximum absolute atomic E-state index is 6.18. The number of hydrogen-bond acceptors (Lipinski definition) is 3. The molecule has 2 N–H and O–H groups in total. The second-order valence-electron chi connectivity index (χ2n) is 7.69. The summed E-state index contributed by atoms with van der Waals surface area (Å²) in [6, 6.07) is 0.206. The van der Waals surface area contributed by atoms with Crippen LogP contribution in [0.3, 0.4) is 0 Å². The molecule has 2 fully saturated rings. The summed E-state index contributed by atoms with van der Waals surface area (Å²) in [7, 11) is 0. The van der Waals surface area contributed by atoms with Gasteiger partial charge in [0.2, 0.25) is 0 Å². The molecule has 3 heteroatoms. The topological polar surface area (TPSA) is 38.5 Å². The lowest BCUT2D eigenvalue weighted by Gasteiger charge is -2.42. The molecule has 2 unspecified atom stereocenters. The van der Waals surface area contributed by atoms with Crippen LogP contribution in [-0.4, -0.2) is 43.8 Å². The molecule has 2 aliphatic rings. The third kappa shape index (κ3) is 3.06. The summed E-state index contributed by atoms with van der Waals surface area (Å²) in [6.07, 6.45) is 2.66. The average Bonchev–Trinajstić information content (AvgIpc) is 2.58. The van der Waals surface area contributed by atoms with Gasteiger partial charge in [-0.2, -0.15) is 0 Å². The van der Waals surface area contributed by atoms with Crippen molar-refractivity contribution < 1.29 is 4.74 Å². The van der Waals surface area contributed by atoms with E-state index >= 15 is 0 Å². The van der Waals surface area contributed by atoms with E-state index in [9.17, 15) is 0 Å². The van der Waals surface area contributed by atoms with Crippen molar-refractivity contribution >= 4 is 0 Å². The van der Waals surface area contributed by atoms with Gasteiger partial charge >= 0.3 is 0 Å². The van der Waals surface area contributed by atoms with Gasteiger partial charge in [-0.15, -0.1) is 0 Å². The number of hydrogen-bond donors (Lipinski definition) is 1. The Labute approximate surface area is 112 Å². The molecule has 0 aromatic carbocycles. The number of nitrogens with zero attached hydrogens (tertiary/aromatic N) is 1. The second-order valence-corrected chi connectivity index (χ2v) is 7.69. The molecule has 0 amide bonds. The SMILES string of the molecule is CC(C)(C)C1CCN(CC2(C)COCC2N)CC1. The van der Waals surface area contributed by atoms with E-state index in [-0.39, 0.29) is 11.5 Å². The van der Waals surface area contributed by atoms with Gasteiger partial charge in [0.05, 0.1) is 13.2 Å². The predicted octanol–water partition coefficient (Wildman–Crippen LogP) is 2.11. The van der Waals surface area contributed by atoms with Crippen molar-refractivity contribution in [1.82, 2.24) is 4.90 Å². The standard InChI is InChI=1S/C15H30N2O/c1-14(2,3)12-5-7-17(8-6-12)10-15(4)11-18-9-13(15)16/h12-13H,5-11,16H2,1-4H3. The van der Waals surface area contributed by atoms with Crippen LogP contribution in [-0.2, 0) is 4.74 Å². The number of rotatable bonds is 2. The average molecular weight is 254 g/mol. The van der Waals surface area contributed by atoms with Gasteiger partial charge in [-0.3, -0.25) is 0 Å². The monoisotopic (exact) mass is 254 g/mol. The Kier molecular flexibility index (Phi) is 4.05. The van der Waals surface area contributed by atoms with Crippen LogP contribution in [0.25, 0.3) is 0 Å². The summed E-state index contributed by atoms with van der Waals surface area (Å²) in [4.78, 5) is 2.59. The molecule has 18 heavy (non-hydrogen) atoms. The lowest BCUT2D eigenvalue weighted by molar-refractivity contribution is 0.0687. The van der Waals surface area contributed by atoms with Crippen LogP contribution in [0, 0.1) is 16.7 Å². The molecule has 3 nitrogen and oxygen atoms in total. The minimum atomic E-state index is 0.161. The first kappa shape index (κ1) is 14.3. The first-order valence-corrected chi connectivity index (χ1v) is 7.37. The minimum absolute atomic E-state index is 0.161. The smallest absolute Gasteiger partial charge is 0.0624 e. The fourth-order valence-electron chi connectivity index (χ4n) is 3.36. The Bertz CT molecular complexity index is 279. The summed E-state index contributed by atoms with van der Waals surface area (Å²) >= 11 is 0. The predicted molar refractivity (Wildman–Crippen MR) is 75.5 cm³/mol. The van der Waals surface area contributed by atoms with Crippen LogP contribution < -0.4 is 5.73 Å². The highest BCUT2D eigenvalue weighted by Crippen LogP contribution is 2.36. The molecule has 2 saturated heterocycles. The normalized spacial score (nSPS) is 36.2. The van der Waals surface area contributed by atoms with Crippen LogP contribution in [0.5, 0.6) is 0 Å². The number of ether oxygens (including phenoxy) is 1. The highest BCUT2D eigenvalue weighted by atomic mass is 16.5. The maximum atomic E-state index is 6.18. The van der Waals surface area contributed by atoms with E-state index in [1.807, 2.05) is 0 Å². The summed E-state index contributed by atoms with van der Waals surface area (Å²) in [5.74, 6) is 0.870. The number of likely N-dealkylation sites (tertiary alicyclic amines) is 1. The Morgan fingerprint density at radius 1 is 1.28 bits per heavy atom. The molecule has 0 saturated carbocycles. The zero-order chi connectivity index (χ0) is 13.4. The first-order valence-electron chi connectivity index (χ1n) is 7.37. The largest absolute Gasteiger partial charge is 0.379 e. The number of nitrogens with two attached hydrogens (primary N) is 1. The van der Waals surface area contributed by atoms with Crippen molar-refractivity contribution in [2.45, 2.75) is 46.6 Å². The van der Waals surface area contributed by atoms with Gasteiger partial charge in [-0.05, 0) is 37.3 Å². The van der Waals surface area contributed by atoms with E-state index in [0.29, 0.717) is 5.41 Å². The molecular weight excluding hydrogens is 224 g/mol. The Balaban J connectivity index is 1.84. The van der Waals surface area contributed by atoms with Gasteiger partial charge < -0.3 is 15.4 Å². The van der Waals surface area contributed by atoms with Crippen molar-refractivity contribution in [1.29, 1.82) is 0 Å². The Morgan fingerprint density at radius 3 is 2.33 bits per heavy atom. The Morgan fingerprint density at radius 2 is 1.89 bits per heavy atom. The first-order chi connectivity index (χ1) is 8.31. The molecule has 0 aromatic heterocycles. The molecule has 0 spiro atoms. The van der Waals surface area contributed by atoms with Gasteiger partial charge in [-0.1, -0.05) is 27.7 Å². The van der Waals surface area contributed by atoms with Crippen LogP contribution in [0.1, 0.15) is 40.5 Å².